The molecule has 0 unspecified atom stereocenters. The Morgan fingerprint density at radius 1 is 0.692 bits per heavy atom. The van der Waals surface area contributed by atoms with E-state index >= 15 is 0 Å². The Kier molecular flexibility index (Phi) is 4.82. The second kappa shape index (κ2) is 7.37. The van der Waals surface area contributed by atoms with E-state index in [0.717, 1.165) is 11.1 Å². The summed E-state index contributed by atoms with van der Waals surface area (Å²) in [5, 5.41) is 18.5. The second-order valence-electron chi connectivity index (χ2n) is 5.54. The van der Waals surface area contributed by atoms with Crippen LogP contribution in [0.2, 0.25) is 0 Å². The van der Waals surface area contributed by atoms with Gasteiger partial charge in [0.25, 0.3) is 0 Å². The van der Waals surface area contributed by atoms with Gasteiger partial charge in [0, 0.05) is 11.1 Å². The van der Waals surface area contributed by atoms with Gasteiger partial charge in [-0.1, -0.05) is 60.4 Å². The van der Waals surface area contributed by atoms with Gasteiger partial charge in [-0.05, 0) is 35.4 Å². The third-order valence-electron chi connectivity index (χ3n) is 3.82. The van der Waals surface area contributed by atoms with Gasteiger partial charge in [-0.15, -0.1) is 0 Å². The lowest BCUT2D eigenvalue weighted by atomic mass is 10.00. The maximum atomic E-state index is 11.5. The van der Waals surface area contributed by atoms with E-state index in [1.807, 2.05) is 54.6 Å². The molecular formula is C22H14O4. The highest BCUT2D eigenvalue weighted by atomic mass is 16.4. The molecule has 2 N–H and O–H groups in total. The first kappa shape index (κ1) is 17.0. The van der Waals surface area contributed by atoms with Gasteiger partial charge in [-0.25, -0.2) is 9.59 Å². The van der Waals surface area contributed by atoms with E-state index in [4.69, 9.17) is 0 Å². The van der Waals surface area contributed by atoms with Gasteiger partial charge in [0.15, 0.2) is 0 Å². The first-order valence-electron chi connectivity index (χ1n) is 7.83. The zero-order valence-electron chi connectivity index (χ0n) is 13.6. The lowest BCUT2D eigenvalue weighted by Crippen LogP contribution is -2.10. The molecule has 3 rings (SSSR count). The summed E-state index contributed by atoms with van der Waals surface area (Å²) in [6.45, 7) is 0. The fourth-order valence-electron chi connectivity index (χ4n) is 2.61. The van der Waals surface area contributed by atoms with Crippen LogP contribution in [0, 0.1) is 11.8 Å². The SMILES string of the molecule is O=C(O)c1cccc(C#Cc2cccc(-c3ccccc3)c2)c1C(=O)O. The third-order valence-corrected chi connectivity index (χ3v) is 3.82. The van der Waals surface area contributed by atoms with Crippen molar-refractivity contribution in [2.45, 2.75) is 0 Å². The standard InChI is InChI=1S/C22H14O4/c23-21(24)19-11-5-9-17(20(19)22(25)26)13-12-15-6-4-10-18(14-15)16-7-2-1-3-8-16/h1-11,14H,(H,23,24)(H,25,26). The van der Waals surface area contributed by atoms with Crippen LogP contribution in [0.15, 0.2) is 72.8 Å². The predicted molar refractivity (Wildman–Crippen MR) is 98.2 cm³/mol. The highest BCUT2D eigenvalue weighted by molar-refractivity contribution is 6.03. The first-order valence-corrected chi connectivity index (χ1v) is 7.83. The average molecular weight is 342 g/mol. The molecule has 0 bridgehead atoms. The van der Waals surface area contributed by atoms with Crippen LogP contribution >= 0.6 is 0 Å². The van der Waals surface area contributed by atoms with Gasteiger partial charge in [0.1, 0.15) is 0 Å². The fourth-order valence-corrected chi connectivity index (χ4v) is 2.61. The van der Waals surface area contributed by atoms with Crippen molar-refractivity contribution in [1.82, 2.24) is 0 Å². The molecule has 26 heavy (non-hydrogen) atoms. The van der Waals surface area contributed by atoms with Crippen LogP contribution in [-0.4, -0.2) is 22.2 Å². The minimum atomic E-state index is -1.31. The van der Waals surface area contributed by atoms with E-state index < -0.39 is 11.9 Å². The Balaban J connectivity index is 2.02. The summed E-state index contributed by atoms with van der Waals surface area (Å²) >= 11 is 0. The van der Waals surface area contributed by atoms with Crippen molar-refractivity contribution in [1.29, 1.82) is 0 Å². The van der Waals surface area contributed by atoms with Crippen LogP contribution in [0.4, 0.5) is 0 Å². The molecule has 0 fully saturated rings. The zero-order valence-corrected chi connectivity index (χ0v) is 13.6. The quantitative estimate of drug-likeness (QED) is 0.701. The Labute approximate surface area is 150 Å². The molecule has 0 radical (unpaired) electrons. The molecule has 0 heterocycles. The smallest absolute Gasteiger partial charge is 0.337 e. The van der Waals surface area contributed by atoms with E-state index in [-0.39, 0.29) is 16.7 Å². The summed E-state index contributed by atoms with van der Waals surface area (Å²) < 4.78 is 0. The number of hydrogen-bond acceptors (Lipinski definition) is 2. The largest absolute Gasteiger partial charge is 0.478 e. The van der Waals surface area contributed by atoms with Crippen LogP contribution in [0.5, 0.6) is 0 Å². The zero-order chi connectivity index (χ0) is 18.5. The molecule has 3 aromatic carbocycles. The number of carbonyl (C=O) groups is 2. The molecule has 3 aromatic rings. The molecule has 0 saturated heterocycles. The van der Waals surface area contributed by atoms with Gasteiger partial charge in [0.05, 0.1) is 11.1 Å². The van der Waals surface area contributed by atoms with Gasteiger partial charge >= 0.3 is 11.9 Å². The van der Waals surface area contributed by atoms with Crippen molar-refractivity contribution < 1.29 is 19.8 Å². The minimum Gasteiger partial charge on any atom is -0.478 e. The Morgan fingerprint density at radius 2 is 1.38 bits per heavy atom. The van der Waals surface area contributed by atoms with Crippen LogP contribution in [0.25, 0.3) is 11.1 Å². The van der Waals surface area contributed by atoms with Gasteiger partial charge in [-0.3, -0.25) is 0 Å². The molecular weight excluding hydrogens is 328 g/mol. The summed E-state index contributed by atoms with van der Waals surface area (Å²) in [5.74, 6) is 3.11. The molecule has 0 saturated carbocycles. The van der Waals surface area contributed by atoms with Gasteiger partial charge in [-0.2, -0.15) is 0 Å². The van der Waals surface area contributed by atoms with Crippen LogP contribution in [0.3, 0.4) is 0 Å². The monoisotopic (exact) mass is 342 g/mol. The molecule has 0 atom stereocenters. The minimum absolute atomic E-state index is 0.169. The van der Waals surface area contributed by atoms with Crippen molar-refractivity contribution in [2.75, 3.05) is 0 Å². The average Bonchev–Trinajstić information content (AvgIpc) is 2.66. The summed E-state index contributed by atoms with van der Waals surface area (Å²) in [6, 6.07) is 21.6. The number of aromatic carboxylic acids is 2. The predicted octanol–water partition coefficient (Wildman–Crippen LogP) is 4.15. The molecule has 0 aliphatic carbocycles. The van der Waals surface area contributed by atoms with Gasteiger partial charge < -0.3 is 10.2 Å². The van der Waals surface area contributed by atoms with E-state index in [1.54, 1.807) is 0 Å². The van der Waals surface area contributed by atoms with Crippen LogP contribution in [-0.2, 0) is 0 Å². The maximum absolute atomic E-state index is 11.5. The summed E-state index contributed by atoms with van der Waals surface area (Å²) in [5.41, 5.74) is 2.35. The van der Waals surface area contributed by atoms with Crippen molar-refractivity contribution >= 4 is 11.9 Å². The van der Waals surface area contributed by atoms with Crippen molar-refractivity contribution in [3.8, 4) is 23.0 Å². The molecule has 0 spiro atoms. The molecule has 0 amide bonds. The van der Waals surface area contributed by atoms with Crippen molar-refractivity contribution in [3.05, 3.63) is 95.1 Å². The second-order valence-corrected chi connectivity index (χ2v) is 5.54. The maximum Gasteiger partial charge on any atom is 0.337 e. The Morgan fingerprint density at radius 3 is 2.08 bits per heavy atom. The van der Waals surface area contributed by atoms with Gasteiger partial charge in [0.2, 0.25) is 0 Å². The van der Waals surface area contributed by atoms with E-state index in [1.165, 1.54) is 18.2 Å². The number of rotatable bonds is 3. The van der Waals surface area contributed by atoms with Crippen molar-refractivity contribution in [2.24, 2.45) is 0 Å². The highest BCUT2D eigenvalue weighted by Crippen LogP contribution is 2.20. The Bertz CT molecular complexity index is 1040. The van der Waals surface area contributed by atoms with Crippen LogP contribution < -0.4 is 0 Å². The van der Waals surface area contributed by atoms with Crippen molar-refractivity contribution in [3.63, 3.8) is 0 Å². The van der Waals surface area contributed by atoms with E-state index in [9.17, 15) is 19.8 Å². The molecule has 126 valence electrons. The fraction of sp³-hybridized carbons (Fsp3) is 0. The summed E-state index contributed by atoms with van der Waals surface area (Å²) in [4.78, 5) is 22.7. The molecule has 0 aromatic heterocycles. The third kappa shape index (κ3) is 3.63. The van der Waals surface area contributed by atoms with E-state index in [0.29, 0.717) is 5.56 Å². The highest BCUT2D eigenvalue weighted by Gasteiger charge is 2.18. The summed E-state index contributed by atoms with van der Waals surface area (Å²) in [7, 11) is 0. The molecule has 4 heteroatoms. The number of carboxylic acid groups (broad SMARTS) is 2. The number of carboxylic acids is 2. The lowest BCUT2D eigenvalue weighted by Gasteiger charge is -2.04. The lowest BCUT2D eigenvalue weighted by molar-refractivity contribution is 0.0651. The molecule has 0 aliphatic heterocycles. The topological polar surface area (TPSA) is 74.6 Å². The number of hydrogen-bond donors (Lipinski definition) is 2. The normalized spacial score (nSPS) is 9.85. The molecule has 0 aliphatic rings. The summed E-state index contributed by atoms with van der Waals surface area (Å²) in [6.07, 6.45) is 0. The number of benzene rings is 3. The molecule has 4 nitrogen and oxygen atoms in total. The Hall–Kier alpha value is -3.84. The van der Waals surface area contributed by atoms with E-state index in [2.05, 4.69) is 11.8 Å². The van der Waals surface area contributed by atoms with Crippen LogP contribution in [0.1, 0.15) is 31.8 Å². The first-order chi connectivity index (χ1) is 12.6.